The van der Waals surface area contributed by atoms with Gasteiger partial charge < -0.3 is 15.3 Å². The van der Waals surface area contributed by atoms with Gasteiger partial charge >= 0.3 is 0 Å². The lowest BCUT2D eigenvalue weighted by atomic mass is 9.48. The number of ketones is 3. The molecule has 3 rings (SSSR count). The summed E-state index contributed by atoms with van der Waals surface area (Å²) in [5, 5.41) is 34.6. The molecule has 6 heteroatoms. The maximum absolute atomic E-state index is 14.7. The van der Waals surface area contributed by atoms with E-state index in [1.165, 1.54) is 0 Å². The van der Waals surface area contributed by atoms with Crippen LogP contribution >= 0.6 is 0 Å². The average Bonchev–Trinajstić information content (AvgIpc) is 3.07. The number of carbonyl (C=O) groups is 3. The number of hydrogen-bond acceptors (Lipinski definition) is 6. The number of aliphatic hydroxyl groups excluding tert-OH is 1. The van der Waals surface area contributed by atoms with Crippen LogP contribution in [-0.4, -0.2) is 43.9 Å². The number of allylic oxidation sites excluding steroid dienone is 6. The molecule has 1 spiro atoms. The second kappa shape index (κ2) is 9.36. The first-order valence-corrected chi connectivity index (χ1v) is 13.2. The molecule has 2 saturated carbocycles. The first kappa shape index (κ1) is 28.5. The second-order valence-electron chi connectivity index (χ2n) is 12.9. The lowest BCUT2D eigenvalue weighted by Gasteiger charge is -2.55. The average molecular weight is 501 g/mol. The molecule has 0 bridgehead atoms. The molecule has 0 saturated heterocycles. The predicted molar refractivity (Wildman–Crippen MR) is 139 cm³/mol. The molecule has 36 heavy (non-hydrogen) atoms. The minimum atomic E-state index is -1.63. The fraction of sp³-hybridized carbons (Fsp3) is 0.700. The van der Waals surface area contributed by atoms with E-state index in [1.54, 1.807) is 27.7 Å². The van der Waals surface area contributed by atoms with Crippen molar-refractivity contribution >= 4 is 17.3 Å². The predicted octanol–water partition coefficient (Wildman–Crippen LogP) is 5.18. The number of aliphatic hydroxyl groups is 3. The molecule has 0 heterocycles. The van der Waals surface area contributed by atoms with Crippen LogP contribution in [0.2, 0.25) is 0 Å². The van der Waals surface area contributed by atoms with Gasteiger partial charge in [-0.15, -0.1) is 0 Å². The minimum absolute atomic E-state index is 0.0878. The number of carbonyl (C=O) groups excluding carboxylic acids is 3. The van der Waals surface area contributed by atoms with Gasteiger partial charge in [0, 0.05) is 5.92 Å². The van der Waals surface area contributed by atoms with Crippen LogP contribution in [0, 0.1) is 28.6 Å². The highest BCUT2D eigenvalue weighted by Crippen LogP contribution is 2.63. The van der Waals surface area contributed by atoms with E-state index >= 15 is 0 Å². The van der Waals surface area contributed by atoms with Crippen molar-refractivity contribution in [2.24, 2.45) is 28.6 Å². The molecular formula is C30H44O6. The molecule has 0 amide bonds. The number of fused-ring (bicyclic) bond motifs is 1. The summed E-state index contributed by atoms with van der Waals surface area (Å²) in [6.45, 7) is 14.3. The van der Waals surface area contributed by atoms with Crippen LogP contribution < -0.4 is 0 Å². The molecular weight excluding hydrogens is 456 g/mol. The van der Waals surface area contributed by atoms with E-state index in [-0.39, 0.29) is 37.2 Å². The molecule has 2 fully saturated rings. The summed E-state index contributed by atoms with van der Waals surface area (Å²) < 4.78 is 0. The van der Waals surface area contributed by atoms with Crippen LogP contribution in [0.1, 0.15) is 93.9 Å². The molecule has 0 aliphatic heterocycles. The first-order valence-electron chi connectivity index (χ1n) is 13.2. The minimum Gasteiger partial charge on any atom is -0.510 e. The third-order valence-corrected chi connectivity index (χ3v) is 8.98. The van der Waals surface area contributed by atoms with Crippen molar-refractivity contribution < 1.29 is 29.7 Å². The van der Waals surface area contributed by atoms with Crippen molar-refractivity contribution in [2.45, 2.75) is 105 Å². The van der Waals surface area contributed by atoms with E-state index in [2.05, 4.69) is 0 Å². The quantitative estimate of drug-likeness (QED) is 0.263. The highest BCUT2D eigenvalue weighted by molar-refractivity contribution is 6.31. The zero-order valence-corrected chi connectivity index (χ0v) is 23.2. The van der Waals surface area contributed by atoms with E-state index in [9.17, 15) is 29.7 Å². The summed E-state index contributed by atoms with van der Waals surface area (Å²) in [7, 11) is 0. The highest BCUT2D eigenvalue weighted by Gasteiger charge is 2.69. The smallest absolute Gasteiger partial charge is 0.184 e. The van der Waals surface area contributed by atoms with Crippen LogP contribution in [-0.2, 0) is 14.4 Å². The van der Waals surface area contributed by atoms with Gasteiger partial charge in [-0.25, -0.2) is 0 Å². The molecule has 0 radical (unpaired) electrons. The van der Waals surface area contributed by atoms with Gasteiger partial charge in [-0.2, -0.15) is 0 Å². The molecule has 0 aromatic carbocycles. The third-order valence-electron chi connectivity index (χ3n) is 8.98. The summed E-state index contributed by atoms with van der Waals surface area (Å²) in [5.74, 6) is -3.36. The molecule has 6 nitrogen and oxygen atoms in total. The first-order chi connectivity index (χ1) is 16.4. The molecule has 0 aromatic heterocycles. The Morgan fingerprint density at radius 2 is 1.50 bits per heavy atom. The summed E-state index contributed by atoms with van der Waals surface area (Å²) >= 11 is 0. The van der Waals surface area contributed by atoms with Gasteiger partial charge in [0.1, 0.15) is 16.7 Å². The normalized spacial score (nSPS) is 35.8. The van der Waals surface area contributed by atoms with Crippen LogP contribution in [0.25, 0.3) is 0 Å². The maximum Gasteiger partial charge on any atom is 0.184 e. The lowest BCUT2D eigenvalue weighted by molar-refractivity contribution is -0.168. The summed E-state index contributed by atoms with van der Waals surface area (Å²) in [6, 6.07) is 0. The van der Waals surface area contributed by atoms with E-state index in [0.29, 0.717) is 12.8 Å². The third kappa shape index (κ3) is 4.45. The standard InChI is InChI=1S/C30H44O6/c1-17(2)9-13-29(14-10-18(3)4)24(32)22(23(31)19(5)6)25(33)30(26(29)34)15-21-20(28(8,36)16-30)11-12-27(21,7)35/h9-10,19-21,33,35-36H,11-16H2,1-8H3/t20-,21+,27-,28-,30+/m0/s1. The van der Waals surface area contributed by atoms with Crippen LogP contribution in [0.4, 0.5) is 0 Å². The Balaban J connectivity index is 2.37. The summed E-state index contributed by atoms with van der Waals surface area (Å²) in [6.07, 6.45) is 4.99. The largest absolute Gasteiger partial charge is 0.510 e. The Bertz CT molecular complexity index is 1030. The van der Waals surface area contributed by atoms with Crippen LogP contribution in [0.3, 0.4) is 0 Å². The van der Waals surface area contributed by atoms with Gasteiger partial charge in [-0.3, -0.25) is 14.4 Å². The molecule has 0 aromatic rings. The van der Waals surface area contributed by atoms with E-state index in [1.807, 2.05) is 39.8 Å². The SMILES string of the molecule is CC(C)=CCC1(CC=C(C)C)C(=O)C(C(=O)C(C)C)=C(O)[C@]2(C[C@@H]3[C@H](CC[C@]3(C)O)[C@@](C)(O)C2)C1=O. The highest BCUT2D eigenvalue weighted by atomic mass is 16.3. The van der Waals surface area contributed by atoms with Crippen LogP contribution in [0.15, 0.2) is 34.6 Å². The Kier molecular flexibility index (Phi) is 7.41. The van der Waals surface area contributed by atoms with E-state index in [4.69, 9.17) is 0 Å². The molecule has 200 valence electrons. The molecule has 0 unspecified atom stereocenters. The molecule has 5 atom stereocenters. The topological polar surface area (TPSA) is 112 Å². The lowest BCUT2D eigenvalue weighted by Crippen LogP contribution is -2.62. The Morgan fingerprint density at radius 1 is 0.972 bits per heavy atom. The fourth-order valence-electron chi connectivity index (χ4n) is 6.90. The zero-order chi connectivity index (χ0) is 27.4. The molecule has 3 aliphatic rings. The molecule has 3 N–H and O–H groups in total. The van der Waals surface area contributed by atoms with Gasteiger partial charge in [0.2, 0.25) is 0 Å². The van der Waals surface area contributed by atoms with E-state index < -0.39 is 57.0 Å². The number of Topliss-reactive ketones (excluding diaryl/α,β-unsaturated/α-hetero) is 3. The Labute approximate surface area is 215 Å². The van der Waals surface area contributed by atoms with Crippen molar-refractivity contribution in [3.05, 3.63) is 34.6 Å². The number of hydrogen-bond donors (Lipinski definition) is 3. The van der Waals surface area contributed by atoms with Crippen molar-refractivity contribution in [1.29, 1.82) is 0 Å². The zero-order valence-electron chi connectivity index (χ0n) is 23.2. The van der Waals surface area contributed by atoms with Crippen molar-refractivity contribution in [2.75, 3.05) is 0 Å². The van der Waals surface area contributed by atoms with Gasteiger partial charge in [-0.05, 0) is 91.9 Å². The van der Waals surface area contributed by atoms with Crippen molar-refractivity contribution in [1.82, 2.24) is 0 Å². The summed E-state index contributed by atoms with van der Waals surface area (Å²) in [5.41, 5.74) is -4.13. The maximum atomic E-state index is 14.7. The Hall–Kier alpha value is -2.05. The molecule has 3 aliphatic carbocycles. The van der Waals surface area contributed by atoms with E-state index in [0.717, 1.165) is 11.1 Å². The Morgan fingerprint density at radius 3 is 1.97 bits per heavy atom. The monoisotopic (exact) mass is 500 g/mol. The van der Waals surface area contributed by atoms with Gasteiger partial charge in [-0.1, -0.05) is 37.1 Å². The van der Waals surface area contributed by atoms with Crippen LogP contribution in [0.5, 0.6) is 0 Å². The summed E-state index contributed by atoms with van der Waals surface area (Å²) in [4.78, 5) is 42.3. The van der Waals surface area contributed by atoms with Gasteiger partial charge in [0.25, 0.3) is 0 Å². The van der Waals surface area contributed by atoms with Gasteiger partial charge in [0.15, 0.2) is 17.3 Å². The fourth-order valence-corrected chi connectivity index (χ4v) is 6.90. The second-order valence-corrected chi connectivity index (χ2v) is 12.9. The van der Waals surface area contributed by atoms with Gasteiger partial charge in [0.05, 0.1) is 16.6 Å². The number of rotatable bonds is 6. The van der Waals surface area contributed by atoms with Crippen molar-refractivity contribution in [3.63, 3.8) is 0 Å². The van der Waals surface area contributed by atoms with Crippen molar-refractivity contribution in [3.8, 4) is 0 Å².